The van der Waals surface area contributed by atoms with E-state index >= 15 is 0 Å². The second-order valence-electron chi connectivity index (χ2n) is 4.69. The van der Waals surface area contributed by atoms with E-state index in [0.29, 0.717) is 11.3 Å². The van der Waals surface area contributed by atoms with Crippen LogP contribution in [0.25, 0.3) is 0 Å². The second kappa shape index (κ2) is 5.18. The molecule has 104 valence electrons. The van der Waals surface area contributed by atoms with Crippen molar-refractivity contribution in [1.29, 1.82) is 0 Å². The number of nitrogen functional groups attached to an aromatic ring is 1. The molecule has 1 aromatic rings. The highest BCUT2D eigenvalue weighted by atomic mass is 32.2. The molecule has 1 saturated carbocycles. The number of hydrogen-bond acceptors (Lipinski definition) is 4. The van der Waals surface area contributed by atoms with Crippen LogP contribution in [0.3, 0.4) is 0 Å². The lowest BCUT2D eigenvalue weighted by Gasteiger charge is -2.10. The van der Waals surface area contributed by atoms with Gasteiger partial charge in [-0.05, 0) is 37.5 Å². The molecule has 1 aliphatic rings. The van der Waals surface area contributed by atoms with Crippen molar-refractivity contribution in [3.63, 3.8) is 0 Å². The highest BCUT2D eigenvalue weighted by Gasteiger charge is 2.24. The summed E-state index contributed by atoms with van der Waals surface area (Å²) in [6.45, 7) is 1.42. The third-order valence-electron chi connectivity index (χ3n) is 2.87. The fraction of sp³-hybridized carbons (Fsp3) is 0.417. The zero-order chi connectivity index (χ0) is 14.0. The number of benzene rings is 1. The van der Waals surface area contributed by atoms with Gasteiger partial charge in [0.1, 0.15) is 0 Å². The molecule has 0 aromatic heterocycles. The van der Waals surface area contributed by atoms with E-state index < -0.39 is 10.0 Å². The maximum Gasteiger partial charge on any atom is 0.241 e. The predicted octanol–water partition coefficient (Wildman–Crippen LogP) is 0.134. The molecular weight excluding hydrogens is 266 g/mol. The molecule has 0 radical (unpaired) electrons. The Bertz CT molecular complexity index is 594. The molecule has 0 saturated heterocycles. The van der Waals surface area contributed by atoms with Gasteiger partial charge in [0.25, 0.3) is 0 Å². The molecule has 7 heteroatoms. The standard InChI is InChI=1S/C12H17N3O3S/c1-8-2-3-9(13)6-11(8)19(17,18)14-7-12(16)15-10-4-5-10/h2-3,6,10,14H,4-5,7,13H2,1H3,(H,15,16). The summed E-state index contributed by atoms with van der Waals surface area (Å²) in [5.41, 5.74) is 6.54. The summed E-state index contributed by atoms with van der Waals surface area (Å²) in [6.07, 6.45) is 1.93. The van der Waals surface area contributed by atoms with Gasteiger partial charge in [-0.15, -0.1) is 0 Å². The Morgan fingerprint density at radius 2 is 2.11 bits per heavy atom. The normalized spacial score (nSPS) is 15.2. The van der Waals surface area contributed by atoms with E-state index in [2.05, 4.69) is 10.0 Å². The Kier molecular flexibility index (Phi) is 3.77. The van der Waals surface area contributed by atoms with Crippen molar-refractivity contribution in [1.82, 2.24) is 10.0 Å². The number of anilines is 1. The molecule has 0 unspecified atom stereocenters. The van der Waals surface area contributed by atoms with Gasteiger partial charge in [0, 0.05) is 11.7 Å². The molecule has 19 heavy (non-hydrogen) atoms. The summed E-state index contributed by atoms with van der Waals surface area (Å²) >= 11 is 0. The van der Waals surface area contributed by atoms with Crippen LogP contribution in [0.2, 0.25) is 0 Å². The first-order chi connectivity index (χ1) is 8.88. The molecule has 0 heterocycles. The highest BCUT2D eigenvalue weighted by molar-refractivity contribution is 7.89. The topological polar surface area (TPSA) is 101 Å². The van der Waals surface area contributed by atoms with Crippen molar-refractivity contribution in [2.24, 2.45) is 0 Å². The van der Waals surface area contributed by atoms with Gasteiger partial charge < -0.3 is 11.1 Å². The van der Waals surface area contributed by atoms with Crippen molar-refractivity contribution in [3.05, 3.63) is 23.8 Å². The van der Waals surface area contributed by atoms with Gasteiger partial charge in [0.2, 0.25) is 15.9 Å². The lowest BCUT2D eigenvalue weighted by Crippen LogP contribution is -2.38. The van der Waals surface area contributed by atoms with Crippen LogP contribution in [-0.4, -0.2) is 26.9 Å². The van der Waals surface area contributed by atoms with Gasteiger partial charge in [-0.1, -0.05) is 6.07 Å². The lowest BCUT2D eigenvalue weighted by atomic mass is 10.2. The largest absolute Gasteiger partial charge is 0.399 e. The smallest absolute Gasteiger partial charge is 0.241 e. The third kappa shape index (κ3) is 3.68. The average Bonchev–Trinajstić information content (AvgIpc) is 3.14. The Morgan fingerprint density at radius 1 is 1.42 bits per heavy atom. The Balaban J connectivity index is 2.04. The number of nitrogens with two attached hydrogens (primary N) is 1. The quantitative estimate of drug-likeness (QED) is 0.669. The van der Waals surface area contributed by atoms with Crippen molar-refractivity contribution in [3.8, 4) is 0 Å². The van der Waals surface area contributed by atoms with Crippen LogP contribution in [-0.2, 0) is 14.8 Å². The summed E-state index contributed by atoms with van der Waals surface area (Å²) in [4.78, 5) is 11.6. The molecule has 0 atom stereocenters. The van der Waals surface area contributed by atoms with Crippen LogP contribution in [0.5, 0.6) is 0 Å². The monoisotopic (exact) mass is 283 g/mol. The SMILES string of the molecule is Cc1ccc(N)cc1S(=O)(=O)NCC(=O)NC1CC1. The van der Waals surface area contributed by atoms with Gasteiger partial charge >= 0.3 is 0 Å². The number of aryl methyl sites for hydroxylation is 1. The number of hydrogen-bond donors (Lipinski definition) is 3. The number of nitrogens with one attached hydrogen (secondary N) is 2. The molecular formula is C12H17N3O3S. The predicted molar refractivity (Wildman–Crippen MR) is 71.9 cm³/mol. The first-order valence-corrected chi connectivity index (χ1v) is 7.52. The van der Waals surface area contributed by atoms with E-state index in [1.54, 1.807) is 19.1 Å². The first-order valence-electron chi connectivity index (χ1n) is 6.03. The Labute approximate surface area is 112 Å². The molecule has 4 N–H and O–H groups in total. The molecule has 1 amide bonds. The summed E-state index contributed by atoms with van der Waals surface area (Å²) < 4.78 is 26.4. The minimum Gasteiger partial charge on any atom is -0.399 e. The molecule has 6 nitrogen and oxygen atoms in total. The van der Waals surface area contributed by atoms with Crippen molar-refractivity contribution in [2.75, 3.05) is 12.3 Å². The molecule has 1 aliphatic carbocycles. The van der Waals surface area contributed by atoms with Crippen LogP contribution in [0, 0.1) is 6.92 Å². The van der Waals surface area contributed by atoms with Crippen LogP contribution in [0.1, 0.15) is 18.4 Å². The summed E-state index contributed by atoms with van der Waals surface area (Å²) in [7, 11) is -3.71. The van der Waals surface area contributed by atoms with Gasteiger partial charge in [0.05, 0.1) is 11.4 Å². The fourth-order valence-corrected chi connectivity index (χ4v) is 2.91. The third-order valence-corrected chi connectivity index (χ3v) is 4.41. The van der Waals surface area contributed by atoms with E-state index in [4.69, 9.17) is 5.73 Å². The Hall–Kier alpha value is -1.60. The van der Waals surface area contributed by atoms with E-state index in [1.807, 2.05) is 0 Å². The van der Waals surface area contributed by atoms with Crippen LogP contribution in [0.4, 0.5) is 5.69 Å². The fourth-order valence-electron chi connectivity index (χ4n) is 1.65. The zero-order valence-electron chi connectivity index (χ0n) is 10.6. The van der Waals surface area contributed by atoms with Crippen LogP contribution >= 0.6 is 0 Å². The number of sulfonamides is 1. The maximum absolute atomic E-state index is 12.1. The van der Waals surface area contributed by atoms with Gasteiger partial charge in [-0.2, -0.15) is 0 Å². The maximum atomic E-state index is 12.1. The average molecular weight is 283 g/mol. The van der Waals surface area contributed by atoms with E-state index in [1.165, 1.54) is 6.07 Å². The van der Waals surface area contributed by atoms with E-state index in [-0.39, 0.29) is 23.4 Å². The molecule has 0 aliphatic heterocycles. The van der Waals surface area contributed by atoms with Crippen molar-refractivity contribution in [2.45, 2.75) is 30.7 Å². The first kappa shape index (κ1) is 13.8. The molecule has 0 spiro atoms. The molecule has 1 fully saturated rings. The van der Waals surface area contributed by atoms with Crippen molar-refractivity contribution < 1.29 is 13.2 Å². The highest BCUT2D eigenvalue weighted by Crippen LogP contribution is 2.19. The zero-order valence-corrected chi connectivity index (χ0v) is 11.5. The van der Waals surface area contributed by atoms with E-state index in [9.17, 15) is 13.2 Å². The van der Waals surface area contributed by atoms with Crippen LogP contribution < -0.4 is 15.8 Å². The van der Waals surface area contributed by atoms with Gasteiger partial charge in [0.15, 0.2) is 0 Å². The van der Waals surface area contributed by atoms with E-state index in [0.717, 1.165) is 12.8 Å². The van der Waals surface area contributed by atoms with Crippen molar-refractivity contribution >= 4 is 21.6 Å². The van der Waals surface area contributed by atoms with Gasteiger partial charge in [-0.25, -0.2) is 13.1 Å². The molecule has 0 bridgehead atoms. The molecule has 2 rings (SSSR count). The number of carbonyl (C=O) groups is 1. The minimum atomic E-state index is -3.71. The summed E-state index contributed by atoms with van der Waals surface area (Å²) in [5, 5.41) is 2.71. The van der Waals surface area contributed by atoms with Crippen LogP contribution in [0.15, 0.2) is 23.1 Å². The minimum absolute atomic E-state index is 0.103. The number of carbonyl (C=O) groups excluding carboxylic acids is 1. The lowest BCUT2D eigenvalue weighted by molar-refractivity contribution is -0.120. The molecule has 1 aromatic carbocycles. The summed E-state index contributed by atoms with van der Waals surface area (Å²) in [5.74, 6) is -0.312. The Morgan fingerprint density at radius 3 is 2.74 bits per heavy atom. The van der Waals surface area contributed by atoms with Gasteiger partial charge in [-0.3, -0.25) is 4.79 Å². The number of rotatable bonds is 5. The summed E-state index contributed by atoms with van der Waals surface area (Å²) in [6, 6.07) is 4.87. The number of amides is 1. The second-order valence-corrected chi connectivity index (χ2v) is 6.43.